The predicted octanol–water partition coefficient (Wildman–Crippen LogP) is 3.15. The number of aromatic nitrogens is 4. The number of aromatic amines is 1. The van der Waals surface area contributed by atoms with Crippen LogP contribution in [0.1, 0.15) is 37.7 Å². The number of para-hydroxylation sites is 1. The number of rotatable bonds is 10. The molecule has 2 N–H and O–H groups in total. The largest absolute Gasteiger partial charge is 0.491 e. The molecule has 1 fully saturated rings. The van der Waals surface area contributed by atoms with Crippen molar-refractivity contribution in [1.29, 1.82) is 0 Å². The van der Waals surface area contributed by atoms with Gasteiger partial charge in [0.15, 0.2) is 17.2 Å². The third-order valence-corrected chi connectivity index (χ3v) is 5.48. The highest BCUT2D eigenvalue weighted by Crippen LogP contribution is 2.29. The van der Waals surface area contributed by atoms with Crippen LogP contribution in [-0.2, 0) is 4.79 Å². The quantitative estimate of drug-likeness (QED) is 0.383. The molecule has 0 bridgehead atoms. The molecule has 0 spiro atoms. The second kappa shape index (κ2) is 10.2. The SMILES string of the molecule is O=C(/C=C/c1ccccc1OC[C@H]1CCCN1c1ncnc2nc[nH]c12)CCCCO. The summed E-state index contributed by atoms with van der Waals surface area (Å²) >= 11 is 0. The number of anilines is 1. The normalized spacial score (nSPS) is 16.4. The maximum absolute atomic E-state index is 12.0. The number of hydrogen-bond donors (Lipinski definition) is 2. The maximum atomic E-state index is 12.0. The summed E-state index contributed by atoms with van der Waals surface area (Å²) in [6, 6.07) is 7.92. The average Bonchev–Trinajstić information content (AvgIpc) is 3.46. The summed E-state index contributed by atoms with van der Waals surface area (Å²) in [5, 5.41) is 8.84. The van der Waals surface area contributed by atoms with E-state index in [2.05, 4.69) is 24.8 Å². The zero-order valence-electron chi connectivity index (χ0n) is 17.4. The molecule has 162 valence electrons. The summed E-state index contributed by atoms with van der Waals surface area (Å²) in [6.07, 6.45) is 10.5. The van der Waals surface area contributed by atoms with E-state index < -0.39 is 0 Å². The fraction of sp³-hybridized carbons (Fsp3) is 0.391. The summed E-state index contributed by atoms with van der Waals surface area (Å²) in [4.78, 5) is 30.3. The van der Waals surface area contributed by atoms with E-state index >= 15 is 0 Å². The first-order valence-corrected chi connectivity index (χ1v) is 10.7. The Morgan fingerprint density at radius 2 is 2.16 bits per heavy atom. The number of hydrogen-bond acceptors (Lipinski definition) is 7. The second-order valence-corrected chi connectivity index (χ2v) is 7.62. The van der Waals surface area contributed by atoms with Gasteiger partial charge in [-0.15, -0.1) is 0 Å². The fourth-order valence-corrected chi connectivity index (χ4v) is 3.87. The Bertz CT molecular complexity index is 1050. The van der Waals surface area contributed by atoms with Crippen molar-refractivity contribution >= 4 is 28.8 Å². The van der Waals surface area contributed by atoms with Crippen molar-refractivity contribution in [3.05, 3.63) is 48.6 Å². The molecule has 2 aromatic heterocycles. The van der Waals surface area contributed by atoms with Crippen LogP contribution in [0.25, 0.3) is 17.2 Å². The second-order valence-electron chi connectivity index (χ2n) is 7.62. The minimum Gasteiger partial charge on any atom is -0.491 e. The molecule has 0 saturated carbocycles. The lowest BCUT2D eigenvalue weighted by molar-refractivity contribution is -0.114. The number of unbranched alkanes of at least 4 members (excludes halogenated alkanes) is 1. The molecule has 3 heterocycles. The van der Waals surface area contributed by atoms with Crippen molar-refractivity contribution in [3.63, 3.8) is 0 Å². The lowest BCUT2D eigenvalue weighted by atomic mass is 10.1. The monoisotopic (exact) mass is 421 g/mol. The summed E-state index contributed by atoms with van der Waals surface area (Å²) < 4.78 is 6.19. The number of carbonyl (C=O) groups is 1. The molecule has 1 atom stereocenters. The van der Waals surface area contributed by atoms with Gasteiger partial charge in [-0.05, 0) is 43.9 Å². The van der Waals surface area contributed by atoms with Crippen LogP contribution in [0.5, 0.6) is 5.75 Å². The maximum Gasteiger partial charge on any atom is 0.182 e. The Morgan fingerprint density at radius 3 is 3.06 bits per heavy atom. The minimum atomic E-state index is 0.0533. The summed E-state index contributed by atoms with van der Waals surface area (Å²) in [6.45, 7) is 1.55. The van der Waals surface area contributed by atoms with Gasteiger partial charge >= 0.3 is 0 Å². The third-order valence-electron chi connectivity index (χ3n) is 5.48. The van der Waals surface area contributed by atoms with Gasteiger partial charge in [-0.2, -0.15) is 0 Å². The fourth-order valence-electron chi connectivity index (χ4n) is 3.87. The summed E-state index contributed by atoms with van der Waals surface area (Å²) in [7, 11) is 0. The van der Waals surface area contributed by atoms with E-state index in [4.69, 9.17) is 9.84 Å². The van der Waals surface area contributed by atoms with Crippen molar-refractivity contribution in [2.45, 2.75) is 38.1 Å². The lowest BCUT2D eigenvalue weighted by Gasteiger charge is -2.26. The molecule has 3 aromatic rings. The highest BCUT2D eigenvalue weighted by atomic mass is 16.5. The number of fused-ring (bicyclic) bond motifs is 1. The summed E-state index contributed by atoms with van der Waals surface area (Å²) in [5.74, 6) is 1.66. The zero-order valence-corrected chi connectivity index (χ0v) is 17.4. The van der Waals surface area contributed by atoms with Crippen molar-refractivity contribution in [3.8, 4) is 5.75 Å². The first-order chi connectivity index (χ1) is 15.3. The van der Waals surface area contributed by atoms with Gasteiger partial charge in [0.05, 0.1) is 12.4 Å². The number of aliphatic hydroxyl groups is 1. The smallest absolute Gasteiger partial charge is 0.182 e. The van der Waals surface area contributed by atoms with Crippen LogP contribution in [0, 0.1) is 0 Å². The van der Waals surface area contributed by atoms with E-state index in [-0.39, 0.29) is 18.4 Å². The number of ether oxygens (including phenoxy) is 1. The molecule has 1 aliphatic rings. The van der Waals surface area contributed by atoms with Gasteiger partial charge in [0.1, 0.15) is 24.2 Å². The number of carbonyl (C=O) groups excluding carboxylic acids is 1. The number of ketones is 1. The van der Waals surface area contributed by atoms with E-state index in [1.54, 1.807) is 18.7 Å². The molecule has 0 aliphatic carbocycles. The van der Waals surface area contributed by atoms with Crippen molar-refractivity contribution in [2.75, 3.05) is 24.7 Å². The molecule has 1 aromatic carbocycles. The molecule has 8 heteroatoms. The number of benzene rings is 1. The molecule has 0 radical (unpaired) electrons. The van der Waals surface area contributed by atoms with Crippen molar-refractivity contribution < 1.29 is 14.6 Å². The third kappa shape index (κ3) is 5.08. The van der Waals surface area contributed by atoms with E-state index in [1.165, 1.54) is 0 Å². The van der Waals surface area contributed by atoms with E-state index in [0.717, 1.165) is 42.0 Å². The highest BCUT2D eigenvalue weighted by Gasteiger charge is 2.28. The van der Waals surface area contributed by atoms with Crippen LogP contribution >= 0.6 is 0 Å². The van der Waals surface area contributed by atoms with Crippen molar-refractivity contribution in [1.82, 2.24) is 19.9 Å². The number of imidazole rings is 1. The molecular weight excluding hydrogens is 394 g/mol. The Morgan fingerprint density at radius 1 is 1.26 bits per heavy atom. The van der Waals surface area contributed by atoms with Gasteiger partial charge in [0.2, 0.25) is 0 Å². The Hall–Kier alpha value is -3.26. The zero-order chi connectivity index (χ0) is 21.5. The van der Waals surface area contributed by atoms with Gasteiger partial charge in [-0.3, -0.25) is 4.79 Å². The van der Waals surface area contributed by atoms with Crippen LogP contribution in [0.3, 0.4) is 0 Å². The predicted molar refractivity (Wildman–Crippen MR) is 119 cm³/mol. The Labute approximate surface area is 181 Å². The first-order valence-electron chi connectivity index (χ1n) is 10.7. The van der Waals surface area contributed by atoms with Gasteiger partial charge in [-0.1, -0.05) is 18.2 Å². The lowest BCUT2D eigenvalue weighted by Crippen LogP contribution is -2.35. The highest BCUT2D eigenvalue weighted by molar-refractivity contribution is 5.93. The summed E-state index contributed by atoms with van der Waals surface area (Å²) in [5.41, 5.74) is 2.38. The molecule has 0 amide bonds. The van der Waals surface area contributed by atoms with E-state index in [1.807, 2.05) is 30.3 Å². The van der Waals surface area contributed by atoms with Crippen LogP contribution < -0.4 is 9.64 Å². The average molecular weight is 422 g/mol. The molecule has 4 rings (SSSR count). The number of nitrogens with zero attached hydrogens (tertiary/aromatic N) is 4. The number of allylic oxidation sites excluding steroid dienone is 1. The van der Waals surface area contributed by atoms with Gasteiger partial charge in [-0.25, -0.2) is 15.0 Å². The van der Waals surface area contributed by atoms with Gasteiger partial charge in [0.25, 0.3) is 0 Å². The number of aliphatic hydroxyl groups excluding tert-OH is 1. The van der Waals surface area contributed by atoms with Crippen LogP contribution in [0.4, 0.5) is 5.82 Å². The first kappa shape index (κ1) is 21.0. The van der Waals surface area contributed by atoms with E-state index in [9.17, 15) is 4.79 Å². The minimum absolute atomic E-state index is 0.0533. The molecule has 1 aliphatic heterocycles. The van der Waals surface area contributed by atoms with Gasteiger partial charge in [0, 0.05) is 25.1 Å². The van der Waals surface area contributed by atoms with Crippen LogP contribution in [0.2, 0.25) is 0 Å². The number of nitrogens with one attached hydrogen (secondary N) is 1. The van der Waals surface area contributed by atoms with Crippen molar-refractivity contribution in [2.24, 2.45) is 0 Å². The van der Waals surface area contributed by atoms with Gasteiger partial charge < -0.3 is 19.7 Å². The molecule has 8 nitrogen and oxygen atoms in total. The van der Waals surface area contributed by atoms with Crippen LogP contribution in [0.15, 0.2) is 43.0 Å². The number of H-pyrrole nitrogens is 1. The molecule has 31 heavy (non-hydrogen) atoms. The van der Waals surface area contributed by atoms with E-state index in [0.29, 0.717) is 31.5 Å². The van der Waals surface area contributed by atoms with Crippen LogP contribution in [-0.4, -0.2) is 56.6 Å². The standard InChI is InChI=1S/C23H27N5O3/c29-13-4-3-8-19(30)11-10-17-6-1-2-9-20(17)31-14-18-7-5-12-28(18)23-21-22(25-15-24-21)26-16-27-23/h1-2,6,9-11,15-16,18,29H,3-5,7-8,12-14H2,(H,24,25,26,27)/b11-10+/t18-/m1/s1. The topological polar surface area (TPSA) is 104 Å². The Balaban J connectivity index is 1.42. The molecule has 0 unspecified atom stereocenters. The molecule has 1 saturated heterocycles. The Kier molecular flexibility index (Phi) is 6.89. The molecular formula is C23H27N5O3.